The molecule has 0 heterocycles. The van der Waals surface area contributed by atoms with Crippen molar-refractivity contribution in [1.29, 1.82) is 0 Å². The molecule has 100 valence electrons. The number of benzene rings is 1. The van der Waals surface area contributed by atoms with Crippen molar-refractivity contribution in [3.8, 4) is 5.75 Å². The van der Waals surface area contributed by atoms with Crippen molar-refractivity contribution in [2.24, 2.45) is 0 Å². The number of halogens is 1. The molecule has 0 fully saturated rings. The van der Waals surface area contributed by atoms with E-state index in [0.717, 1.165) is 0 Å². The molecule has 0 aliphatic carbocycles. The van der Waals surface area contributed by atoms with Crippen LogP contribution in [0.15, 0.2) is 22.7 Å². The number of nitrogens with zero attached hydrogens (tertiary/aromatic N) is 1. The molecule has 0 saturated heterocycles. The predicted molar refractivity (Wildman–Crippen MR) is 74.0 cm³/mol. The SMILES string of the molecule is CC(C)(C)NCCOc1c(Br)cccc1[N+](=O)[O-]. The van der Waals surface area contributed by atoms with Crippen LogP contribution in [0, 0.1) is 10.1 Å². The van der Waals surface area contributed by atoms with Crippen LogP contribution < -0.4 is 10.1 Å². The van der Waals surface area contributed by atoms with E-state index in [-0.39, 0.29) is 17.0 Å². The van der Waals surface area contributed by atoms with Gasteiger partial charge in [-0.15, -0.1) is 0 Å². The molecule has 0 bridgehead atoms. The van der Waals surface area contributed by atoms with E-state index in [0.29, 0.717) is 17.6 Å². The van der Waals surface area contributed by atoms with E-state index >= 15 is 0 Å². The van der Waals surface area contributed by atoms with Crippen LogP contribution in [-0.4, -0.2) is 23.6 Å². The Labute approximate surface area is 115 Å². The summed E-state index contributed by atoms with van der Waals surface area (Å²) in [5.74, 6) is 0.276. The van der Waals surface area contributed by atoms with Crippen LogP contribution in [0.1, 0.15) is 20.8 Å². The van der Waals surface area contributed by atoms with E-state index in [1.54, 1.807) is 12.1 Å². The van der Waals surface area contributed by atoms with Gasteiger partial charge in [0.05, 0.1) is 9.40 Å². The fraction of sp³-hybridized carbons (Fsp3) is 0.500. The highest BCUT2D eigenvalue weighted by Gasteiger charge is 2.18. The third-order valence-corrected chi connectivity index (χ3v) is 2.77. The lowest BCUT2D eigenvalue weighted by Crippen LogP contribution is -2.38. The first-order chi connectivity index (χ1) is 8.31. The third kappa shape index (κ3) is 4.62. The highest BCUT2D eigenvalue weighted by Crippen LogP contribution is 2.34. The van der Waals surface area contributed by atoms with Crippen molar-refractivity contribution in [3.63, 3.8) is 0 Å². The minimum Gasteiger partial charge on any atom is -0.485 e. The average molecular weight is 317 g/mol. The number of para-hydroxylation sites is 1. The van der Waals surface area contributed by atoms with Crippen LogP contribution in [0.25, 0.3) is 0 Å². The van der Waals surface area contributed by atoms with Crippen molar-refractivity contribution in [3.05, 3.63) is 32.8 Å². The number of hydrogen-bond acceptors (Lipinski definition) is 4. The second-order valence-electron chi connectivity index (χ2n) is 4.87. The number of rotatable bonds is 5. The minimum atomic E-state index is -0.447. The van der Waals surface area contributed by atoms with Gasteiger partial charge in [0.1, 0.15) is 6.61 Å². The van der Waals surface area contributed by atoms with Gasteiger partial charge in [-0.1, -0.05) is 6.07 Å². The van der Waals surface area contributed by atoms with Gasteiger partial charge < -0.3 is 10.1 Å². The number of ether oxygens (including phenoxy) is 1. The van der Waals surface area contributed by atoms with E-state index in [1.807, 2.05) is 20.8 Å². The van der Waals surface area contributed by atoms with Gasteiger partial charge in [-0.2, -0.15) is 0 Å². The molecule has 0 spiro atoms. The summed E-state index contributed by atoms with van der Waals surface area (Å²) >= 11 is 3.26. The van der Waals surface area contributed by atoms with E-state index < -0.39 is 4.92 Å². The molecule has 0 aliphatic rings. The molecule has 1 aromatic rings. The molecule has 1 rings (SSSR count). The van der Waals surface area contributed by atoms with Gasteiger partial charge in [-0.3, -0.25) is 10.1 Å². The highest BCUT2D eigenvalue weighted by atomic mass is 79.9. The Morgan fingerprint density at radius 2 is 2.11 bits per heavy atom. The molecule has 0 amide bonds. The van der Waals surface area contributed by atoms with E-state index in [4.69, 9.17) is 4.74 Å². The molecular weight excluding hydrogens is 300 g/mol. The average Bonchev–Trinajstić information content (AvgIpc) is 2.24. The Morgan fingerprint density at radius 1 is 1.44 bits per heavy atom. The molecule has 0 atom stereocenters. The fourth-order valence-electron chi connectivity index (χ4n) is 1.36. The Balaban J connectivity index is 2.64. The minimum absolute atomic E-state index is 0.00319. The maximum Gasteiger partial charge on any atom is 0.312 e. The van der Waals surface area contributed by atoms with Crippen LogP contribution in [0.2, 0.25) is 0 Å². The molecule has 0 aromatic heterocycles. The van der Waals surface area contributed by atoms with Gasteiger partial charge >= 0.3 is 5.69 Å². The lowest BCUT2D eigenvalue weighted by molar-refractivity contribution is -0.385. The monoisotopic (exact) mass is 316 g/mol. The maximum absolute atomic E-state index is 10.9. The predicted octanol–water partition coefficient (Wildman–Crippen LogP) is 3.12. The molecule has 0 radical (unpaired) electrons. The van der Waals surface area contributed by atoms with Crippen molar-refractivity contribution in [1.82, 2.24) is 5.32 Å². The summed E-state index contributed by atoms with van der Waals surface area (Å²) in [5.41, 5.74) is -0.0245. The van der Waals surface area contributed by atoms with Gasteiger partial charge in [-0.25, -0.2) is 0 Å². The topological polar surface area (TPSA) is 64.4 Å². The van der Waals surface area contributed by atoms with E-state index in [2.05, 4.69) is 21.2 Å². The Hall–Kier alpha value is -1.14. The zero-order chi connectivity index (χ0) is 13.8. The number of nitro groups is 1. The lowest BCUT2D eigenvalue weighted by Gasteiger charge is -2.20. The lowest BCUT2D eigenvalue weighted by atomic mass is 10.1. The Kier molecular flexibility index (Phi) is 5.10. The first-order valence-corrected chi connectivity index (χ1v) is 6.41. The van der Waals surface area contributed by atoms with Crippen molar-refractivity contribution >= 4 is 21.6 Å². The van der Waals surface area contributed by atoms with Crippen LogP contribution in [-0.2, 0) is 0 Å². The zero-order valence-corrected chi connectivity index (χ0v) is 12.3. The fourth-order valence-corrected chi connectivity index (χ4v) is 1.83. The van der Waals surface area contributed by atoms with E-state index in [1.165, 1.54) is 6.07 Å². The quantitative estimate of drug-likeness (QED) is 0.515. The number of nitro benzene ring substituents is 1. The Morgan fingerprint density at radius 3 is 2.67 bits per heavy atom. The smallest absolute Gasteiger partial charge is 0.312 e. The molecule has 0 saturated carbocycles. The largest absolute Gasteiger partial charge is 0.485 e. The van der Waals surface area contributed by atoms with Gasteiger partial charge in [0, 0.05) is 18.2 Å². The summed E-state index contributed by atoms with van der Waals surface area (Å²) in [6.07, 6.45) is 0. The van der Waals surface area contributed by atoms with Crippen LogP contribution in [0.5, 0.6) is 5.75 Å². The summed E-state index contributed by atoms with van der Waals surface area (Å²) in [6.45, 7) is 7.15. The summed E-state index contributed by atoms with van der Waals surface area (Å²) in [5, 5.41) is 14.1. The van der Waals surface area contributed by atoms with E-state index in [9.17, 15) is 10.1 Å². The summed E-state index contributed by atoms with van der Waals surface area (Å²) in [7, 11) is 0. The van der Waals surface area contributed by atoms with Crippen molar-refractivity contribution < 1.29 is 9.66 Å². The van der Waals surface area contributed by atoms with Crippen LogP contribution in [0.3, 0.4) is 0 Å². The molecule has 0 aliphatic heterocycles. The molecule has 0 unspecified atom stereocenters. The second kappa shape index (κ2) is 6.15. The van der Waals surface area contributed by atoms with Crippen LogP contribution in [0.4, 0.5) is 5.69 Å². The molecular formula is C12H17BrN2O3. The third-order valence-electron chi connectivity index (χ3n) is 2.15. The van der Waals surface area contributed by atoms with Gasteiger partial charge in [0.2, 0.25) is 5.75 Å². The summed E-state index contributed by atoms with van der Waals surface area (Å²) in [6, 6.07) is 4.76. The first-order valence-electron chi connectivity index (χ1n) is 5.62. The molecule has 18 heavy (non-hydrogen) atoms. The number of hydrogen-bond donors (Lipinski definition) is 1. The number of nitrogens with one attached hydrogen (secondary N) is 1. The second-order valence-corrected chi connectivity index (χ2v) is 5.72. The van der Waals surface area contributed by atoms with Gasteiger partial charge in [0.25, 0.3) is 0 Å². The van der Waals surface area contributed by atoms with Crippen molar-refractivity contribution in [2.75, 3.05) is 13.2 Å². The summed E-state index contributed by atoms with van der Waals surface area (Å²) < 4.78 is 6.06. The normalized spacial score (nSPS) is 11.3. The van der Waals surface area contributed by atoms with Gasteiger partial charge in [0.15, 0.2) is 0 Å². The standard InChI is InChI=1S/C12H17BrN2O3/c1-12(2,3)14-7-8-18-11-9(13)5-4-6-10(11)15(16)17/h4-6,14H,7-8H2,1-3H3. The maximum atomic E-state index is 10.9. The van der Waals surface area contributed by atoms with Crippen molar-refractivity contribution in [2.45, 2.75) is 26.3 Å². The molecule has 1 aromatic carbocycles. The first kappa shape index (κ1) is 14.9. The highest BCUT2D eigenvalue weighted by molar-refractivity contribution is 9.10. The molecule has 6 heteroatoms. The van der Waals surface area contributed by atoms with Crippen LogP contribution >= 0.6 is 15.9 Å². The summed E-state index contributed by atoms with van der Waals surface area (Å²) in [4.78, 5) is 10.4. The zero-order valence-electron chi connectivity index (χ0n) is 10.7. The molecule has 5 nitrogen and oxygen atoms in total. The molecule has 1 N–H and O–H groups in total. The Bertz CT molecular complexity index is 430. The van der Waals surface area contributed by atoms with Gasteiger partial charge in [-0.05, 0) is 42.8 Å².